The number of halogens is 1. The first-order valence-corrected chi connectivity index (χ1v) is 7.41. The van der Waals surface area contributed by atoms with Crippen molar-refractivity contribution >= 4 is 27.3 Å². The zero-order chi connectivity index (χ0) is 12.1. The zero-order valence-electron chi connectivity index (χ0n) is 9.40. The third-order valence-electron chi connectivity index (χ3n) is 3.35. The van der Waals surface area contributed by atoms with Crippen LogP contribution < -0.4 is 0 Å². The summed E-state index contributed by atoms with van der Waals surface area (Å²) < 4.78 is 1.10. The molecule has 1 aliphatic carbocycles. The summed E-state index contributed by atoms with van der Waals surface area (Å²) in [5.41, 5.74) is 6.06. The van der Waals surface area contributed by atoms with Crippen LogP contribution in [0.4, 0.5) is 0 Å². The molecule has 88 valence electrons. The lowest BCUT2D eigenvalue weighted by molar-refractivity contribution is 1.10. The van der Waals surface area contributed by atoms with Gasteiger partial charge in [0.1, 0.15) is 0 Å². The molecule has 3 aromatic rings. The molecule has 0 fully saturated rings. The van der Waals surface area contributed by atoms with Crippen molar-refractivity contribution in [3.63, 3.8) is 0 Å². The quantitative estimate of drug-likeness (QED) is 0.551. The first kappa shape index (κ1) is 10.5. The number of rotatable bonds is 1. The maximum atomic E-state index is 4.49. The van der Waals surface area contributed by atoms with Gasteiger partial charge in [0.05, 0.1) is 11.4 Å². The van der Waals surface area contributed by atoms with Gasteiger partial charge in [-0.15, -0.1) is 11.3 Å². The van der Waals surface area contributed by atoms with Gasteiger partial charge in [-0.2, -0.15) is 5.10 Å². The number of nitrogens with one attached hydrogen (secondary N) is 1. The smallest absolute Gasteiger partial charge is 0.0974 e. The van der Waals surface area contributed by atoms with Crippen molar-refractivity contribution in [2.45, 2.75) is 6.42 Å². The van der Waals surface area contributed by atoms with Gasteiger partial charge in [-0.3, -0.25) is 5.10 Å². The average molecular weight is 317 g/mol. The Morgan fingerprint density at radius 3 is 2.94 bits per heavy atom. The fourth-order valence-electron chi connectivity index (χ4n) is 2.50. The van der Waals surface area contributed by atoms with Gasteiger partial charge >= 0.3 is 0 Å². The fraction of sp³-hybridized carbons (Fsp3) is 0.0714. The van der Waals surface area contributed by atoms with Crippen LogP contribution in [0, 0.1) is 0 Å². The van der Waals surface area contributed by atoms with Gasteiger partial charge in [-0.05, 0) is 17.5 Å². The summed E-state index contributed by atoms with van der Waals surface area (Å²) in [7, 11) is 0. The highest BCUT2D eigenvalue weighted by Crippen LogP contribution is 2.43. The Bertz CT molecular complexity index is 742. The van der Waals surface area contributed by atoms with E-state index in [1.807, 2.05) is 17.4 Å². The molecule has 0 amide bonds. The Kier molecular flexibility index (Phi) is 2.22. The van der Waals surface area contributed by atoms with E-state index >= 15 is 0 Å². The van der Waals surface area contributed by atoms with Crippen molar-refractivity contribution in [3.8, 4) is 22.5 Å². The van der Waals surface area contributed by atoms with Crippen LogP contribution in [-0.2, 0) is 6.42 Å². The van der Waals surface area contributed by atoms with Gasteiger partial charge < -0.3 is 0 Å². The second-order valence-corrected chi connectivity index (χ2v) is 6.19. The molecule has 4 rings (SSSR count). The van der Waals surface area contributed by atoms with E-state index in [9.17, 15) is 0 Å². The van der Waals surface area contributed by atoms with E-state index < -0.39 is 0 Å². The molecule has 0 saturated carbocycles. The van der Waals surface area contributed by atoms with Crippen LogP contribution in [0.25, 0.3) is 22.5 Å². The van der Waals surface area contributed by atoms with Crippen LogP contribution in [-0.4, -0.2) is 10.2 Å². The van der Waals surface area contributed by atoms with Crippen LogP contribution in [0.5, 0.6) is 0 Å². The number of aromatic amines is 1. The molecule has 0 radical (unpaired) electrons. The highest BCUT2D eigenvalue weighted by Gasteiger charge is 2.26. The van der Waals surface area contributed by atoms with Crippen LogP contribution in [0.1, 0.15) is 10.4 Å². The molecule has 1 aromatic carbocycles. The maximum Gasteiger partial charge on any atom is 0.0974 e. The molecule has 0 unspecified atom stereocenters. The van der Waals surface area contributed by atoms with Gasteiger partial charge in [-0.1, -0.05) is 34.1 Å². The van der Waals surface area contributed by atoms with E-state index in [1.165, 1.54) is 21.6 Å². The summed E-state index contributed by atoms with van der Waals surface area (Å²) in [6.07, 6.45) is 0.996. The molecule has 4 heteroatoms. The molecule has 0 saturated heterocycles. The molecular formula is C14H9BrN2S. The molecule has 0 bridgehead atoms. The molecule has 18 heavy (non-hydrogen) atoms. The Hall–Kier alpha value is -1.39. The molecular weight excluding hydrogens is 308 g/mol. The fourth-order valence-corrected chi connectivity index (χ4v) is 3.87. The molecule has 2 aromatic heterocycles. The Balaban J connectivity index is 1.93. The highest BCUT2D eigenvalue weighted by atomic mass is 79.9. The van der Waals surface area contributed by atoms with E-state index in [-0.39, 0.29) is 0 Å². The van der Waals surface area contributed by atoms with E-state index in [0.717, 1.165) is 22.3 Å². The van der Waals surface area contributed by atoms with Crippen molar-refractivity contribution in [1.29, 1.82) is 0 Å². The largest absolute Gasteiger partial charge is 0.277 e. The van der Waals surface area contributed by atoms with Gasteiger partial charge in [-0.25, -0.2) is 0 Å². The summed E-state index contributed by atoms with van der Waals surface area (Å²) in [5, 5.41) is 9.82. The van der Waals surface area contributed by atoms with Crippen molar-refractivity contribution in [3.05, 3.63) is 50.6 Å². The van der Waals surface area contributed by atoms with E-state index in [4.69, 9.17) is 0 Å². The van der Waals surface area contributed by atoms with Crippen LogP contribution in [0.15, 0.2) is 40.2 Å². The first-order chi connectivity index (χ1) is 8.84. The number of thiophene rings is 1. The maximum absolute atomic E-state index is 4.49. The summed E-state index contributed by atoms with van der Waals surface area (Å²) in [5.74, 6) is 0. The molecule has 0 spiro atoms. The number of nitrogens with zero attached hydrogens (tertiary/aromatic N) is 1. The first-order valence-electron chi connectivity index (χ1n) is 5.73. The monoisotopic (exact) mass is 316 g/mol. The van der Waals surface area contributed by atoms with Crippen molar-refractivity contribution in [2.24, 2.45) is 0 Å². The second kappa shape index (κ2) is 3.80. The third kappa shape index (κ3) is 1.36. The Morgan fingerprint density at radius 2 is 2.06 bits per heavy atom. The molecule has 0 aliphatic heterocycles. The van der Waals surface area contributed by atoms with Crippen LogP contribution in [0.3, 0.4) is 0 Å². The predicted octanol–water partition coefficient (Wildman–Crippen LogP) is 4.47. The van der Waals surface area contributed by atoms with Gasteiger partial charge in [0.2, 0.25) is 0 Å². The minimum absolute atomic E-state index is 0.996. The molecule has 2 heterocycles. The topological polar surface area (TPSA) is 28.7 Å². The summed E-state index contributed by atoms with van der Waals surface area (Å²) in [6.45, 7) is 0. The zero-order valence-corrected chi connectivity index (χ0v) is 11.8. The number of benzene rings is 1. The predicted molar refractivity (Wildman–Crippen MR) is 77.8 cm³/mol. The van der Waals surface area contributed by atoms with Crippen LogP contribution >= 0.6 is 27.3 Å². The number of hydrogen-bond acceptors (Lipinski definition) is 2. The van der Waals surface area contributed by atoms with E-state index in [1.54, 1.807) is 0 Å². The number of fused-ring (bicyclic) bond motifs is 3. The normalized spacial score (nSPS) is 12.5. The number of hydrogen-bond donors (Lipinski definition) is 1. The summed E-state index contributed by atoms with van der Waals surface area (Å²) in [4.78, 5) is 1.43. The Labute approximate surface area is 117 Å². The van der Waals surface area contributed by atoms with Gasteiger partial charge in [0.15, 0.2) is 0 Å². The molecule has 1 N–H and O–H groups in total. The molecule has 2 nitrogen and oxygen atoms in total. The molecule has 0 atom stereocenters. The lowest BCUT2D eigenvalue weighted by Gasteiger charge is -2.03. The second-order valence-electron chi connectivity index (χ2n) is 4.34. The average Bonchev–Trinajstić information content (AvgIpc) is 3.01. The molecule has 1 aliphatic rings. The van der Waals surface area contributed by atoms with Gasteiger partial charge in [0.25, 0.3) is 0 Å². The highest BCUT2D eigenvalue weighted by molar-refractivity contribution is 9.10. The van der Waals surface area contributed by atoms with Crippen molar-refractivity contribution in [2.75, 3.05) is 0 Å². The SMILES string of the molecule is Brc1ccccc1-c1[nH]nc2c1Cc1sccc1-2. The van der Waals surface area contributed by atoms with Crippen molar-refractivity contribution in [1.82, 2.24) is 10.2 Å². The van der Waals surface area contributed by atoms with E-state index in [2.05, 4.69) is 55.8 Å². The minimum Gasteiger partial charge on any atom is -0.277 e. The minimum atomic E-state index is 0.996. The van der Waals surface area contributed by atoms with E-state index in [0.29, 0.717) is 0 Å². The van der Waals surface area contributed by atoms with Gasteiger partial charge in [0, 0.05) is 32.5 Å². The Morgan fingerprint density at radius 1 is 1.17 bits per heavy atom. The lowest BCUT2D eigenvalue weighted by Crippen LogP contribution is -1.86. The van der Waals surface area contributed by atoms with Crippen LogP contribution in [0.2, 0.25) is 0 Å². The standard InChI is InChI=1S/C14H9BrN2S/c15-11-4-2-1-3-8(11)13-10-7-12-9(5-6-18-12)14(10)17-16-13/h1-6H,7H2,(H,16,17). The van der Waals surface area contributed by atoms with Crippen molar-refractivity contribution < 1.29 is 0 Å². The summed E-state index contributed by atoms with van der Waals surface area (Å²) >= 11 is 5.42. The third-order valence-corrected chi connectivity index (χ3v) is 4.96. The summed E-state index contributed by atoms with van der Waals surface area (Å²) in [6, 6.07) is 10.4. The number of aromatic nitrogens is 2. The number of H-pyrrole nitrogens is 1. The lowest BCUT2D eigenvalue weighted by atomic mass is 10.1.